The Balaban J connectivity index is 0.00000441. The van der Waals surface area contributed by atoms with Crippen LogP contribution in [0.25, 0.3) is 0 Å². The van der Waals surface area contributed by atoms with E-state index in [0.717, 1.165) is 31.9 Å². The Morgan fingerprint density at radius 2 is 1.91 bits per heavy atom. The minimum atomic E-state index is -0.136. The number of carbonyl (C=O) groups is 1. The van der Waals surface area contributed by atoms with E-state index in [4.69, 9.17) is 0 Å². The summed E-state index contributed by atoms with van der Waals surface area (Å²) in [4.78, 5) is 15.3. The Kier molecular flexibility index (Phi) is 11.7. The van der Waals surface area contributed by atoms with Crippen LogP contribution >= 0.6 is 24.0 Å². The minimum Gasteiger partial charge on any atom is -0.469 e. The van der Waals surface area contributed by atoms with E-state index in [1.807, 2.05) is 0 Å². The van der Waals surface area contributed by atoms with Crippen LogP contribution in [0.3, 0.4) is 0 Å². The van der Waals surface area contributed by atoms with Crippen molar-refractivity contribution in [3.63, 3.8) is 0 Å². The molecule has 0 amide bonds. The molecule has 1 fully saturated rings. The van der Waals surface area contributed by atoms with Crippen LogP contribution in [-0.2, 0) is 9.53 Å². The quantitative estimate of drug-likeness (QED) is 0.206. The molecule has 22 heavy (non-hydrogen) atoms. The van der Waals surface area contributed by atoms with Gasteiger partial charge in [0, 0.05) is 26.6 Å². The molecule has 0 bridgehead atoms. The topological polar surface area (TPSA) is 62.7 Å². The second-order valence-corrected chi connectivity index (χ2v) is 5.95. The van der Waals surface area contributed by atoms with Gasteiger partial charge in [0.05, 0.1) is 7.11 Å². The van der Waals surface area contributed by atoms with E-state index in [0.29, 0.717) is 11.8 Å². The minimum absolute atomic E-state index is 0. The number of aliphatic imine (C=N–C) groups is 1. The van der Waals surface area contributed by atoms with Crippen molar-refractivity contribution < 1.29 is 9.53 Å². The highest BCUT2D eigenvalue weighted by atomic mass is 127. The molecule has 6 heteroatoms. The van der Waals surface area contributed by atoms with Gasteiger partial charge in [-0.05, 0) is 37.5 Å². The molecule has 1 aliphatic rings. The molecule has 1 saturated carbocycles. The van der Waals surface area contributed by atoms with Crippen molar-refractivity contribution in [1.82, 2.24) is 10.6 Å². The molecule has 0 spiro atoms. The average Bonchev–Trinajstić information content (AvgIpc) is 2.99. The lowest BCUT2D eigenvalue weighted by Crippen LogP contribution is -2.43. The molecule has 0 saturated heterocycles. The number of carbonyl (C=O) groups excluding carboxylic acids is 1. The van der Waals surface area contributed by atoms with E-state index < -0.39 is 0 Å². The van der Waals surface area contributed by atoms with Crippen molar-refractivity contribution in [1.29, 1.82) is 0 Å². The maximum atomic E-state index is 11.0. The molecular formula is C16H32IN3O2. The number of nitrogens with one attached hydrogen (secondary N) is 2. The summed E-state index contributed by atoms with van der Waals surface area (Å²) in [6.07, 6.45) is 8.87. The standard InChI is InChI=1S/C16H31N3O2.HI/c1-4-16(10-6-7-11-16)13-19-15(17-2)18-12-8-5-9-14(20)21-3;/h4-13H2,1-3H3,(H2,17,18,19);1H. The third kappa shape index (κ3) is 7.65. The number of guanidine groups is 1. The molecule has 1 aliphatic carbocycles. The Bertz CT molecular complexity index is 342. The van der Waals surface area contributed by atoms with Gasteiger partial charge in [-0.1, -0.05) is 19.8 Å². The highest BCUT2D eigenvalue weighted by Gasteiger charge is 2.31. The van der Waals surface area contributed by atoms with Gasteiger partial charge in [-0.25, -0.2) is 0 Å². The van der Waals surface area contributed by atoms with Crippen LogP contribution in [0.5, 0.6) is 0 Å². The number of nitrogens with zero attached hydrogens (tertiary/aromatic N) is 1. The van der Waals surface area contributed by atoms with Crippen LogP contribution < -0.4 is 10.6 Å². The lowest BCUT2D eigenvalue weighted by Gasteiger charge is -2.28. The van der Waals surface area contributed by atoms with Gasteiger partial charge in [0.1, 0.15) is 0 Å². The molecule has 0 heterocycles. The first-order chi connectivity index (χ1) is 10.2. The number of rotatable bonds is 8. The van der Waals surface area contributed by atoms with Crippen molar-refractivity contribution in [2.75, 3.05) is 27.2 Å². The van der Waals surface area contributed by atoms with Crippen molar-refractivity contribution in [3.05, 3.63) is 0 Å². The van der Waals surface area contributed by atoms with Crippen LogP contribution in [0, 0.1) is 5.41 Å². The lowest BCUT2D eigenvalue weighted by atomic mass is 9.83. The molecule has 0 aromatic heterocycles. The monoisotopic (exact) mass is 425 g/mol. The van der Waals surface area contributed by atoms with Gasteiger partial charge >= 0.3 is 5.97 Å². The molecule has 5 nitrogen and oxygen atoms in total. The van der Waals surface area contributed by atoms with Gasteiger partial charge in [-0.2, -0.15) is 0 Å². The fraction of sp³-hybridized carbons (Fsp3) is 0.875. The molecule has 0 radical (unpaired) electrons. The van der Waals surface area contributed by atoms with Crippen molar-refractivity contribution in [3.8, 4) is 0 Å². The number of halogens is 1. The summed E-state index contributed by atoms with van der Waals surface area (Å²) in [6.45, 7) is 4.12. The van der Waals surface area contributed by atoms with Crippen molar-refractivity contribution in [2.45, 2.75) is 58.3 Å². The highest BCUT2D eigenvalue weighted by molar-refractivity contribution is 14.0. The van der Waals surface area contributed by atoms with Crippen LogP contribution in [0.15, 0.2) is 4.99 Å². The number of hydrogen-bond acceptors (Lipinski definition) is 3. The first kappa shape index (κ1) is 21.5. The van der Waals surface area contributed by atoms with Gasteiger partial charge in [0.25, 0.3) is 0 Å². The zero-order valence-electron chi connectivity index (χ0n) is 14.2. The molecule has 130 valence electrons. The fourth-order valence-corrected chi connectivity index (χ4v) is 2.98. The summed E-state index contributed by atoms with van der Waals surface area (Å²) in [5.41, 5.74) is 0.461. The molecule has 2 N–H and O–H groups in total. The Morgan fingerprint density at radius 1 is 1.23 bits per heavy atom. The van der Waals surface area contributed by atoms with Crippen LogP contribution in [0.2, 0.25) is 0 Å². The lowest BCUT2D eigenvalue weighted by molar-refractivity contribution is -0.140. The van der Waals surface area contributed by atoms with E-state index in [9.17, 15) is 4.79 Å². The number of hydrogen-bond donors (Lipinski definition) is 2. The molecule has 0 aromatic rings. The average molecular weight is 425 g/mol. The Morgan fingerprint density at radius 3 is 2.45 bits per heavy atom. The molecule has 0 atom stereocenters. The van der Waals surface area contributed by atoms with E-state index in [-0.39, 0.29) is 29.9 Å². The molecule has 0 unspecified atom stereocenters. The fourth-order valence-electron chi connectivity index (χ4n) is 2.98. The van der Waals surface area contributed by atoms with E-state index in [1.54, 1.807) is 7.05 Å². The van der Waals surface area contributed by atoms with Gasteiger partial charge < -0.3 is 15.4 Å². The summed E-state index contributed by atoms with van der Waals surface area (Å²) in [5.74, 6) is 0.733. The summed E-state index contributed by atoms with van der Waals surface area (Å²) in [7, 11) is 3.23. The Labute approximate surface area is 152 Å². The SMILES string of the molecule is CCC1(CNC(=NC)NCCCCC(=O)OC)CCCC1.I. The van der Waals surface area contributed by atoms with Crippen molar-refractivity contribution >= 4 is 35.9 Å². The van der Waals surface area contributed by atoms with Crippen LogP contribution in [-0.4, -0.2) is 39.2 Å². The maximum absolute atomic E-state index is 11.0. The summed E-state index contributed by atoms with van der Waals surface area (Å²) in [5, 5.41) is 6.77. The van der Waals surface area contributed by atoms with Crippen LogP contribution in [0.1, 0.15) is 58.3 Å². The molecular weight excluding hydrogens is 393 g/mol. The summed E-state index contributed by atoms with van der Waals surface area (Å²) in [6, 6.07) is 0. The van der Waals surface area contributed by atoms with Gasteiger partial charge in [-0.3, -0.25) is 9.79 Å². The number of ether oxygens (including phenoxy) is 1. The normalized spacial score (nSPS) is 16.8. The third-order valence-electron chi connectivity index (χ3n) is 4.60. The first-order valence-corrected chi connectivity index (χ1v) is 8.17. The van der Waals surface area contributed by atoms with Crippen molar-refractivity contribution in [2.24, 2.45) is 10.4 Å². The highest BCUT2D eigenvalue weighted by Crippen LogP contribution is 2.40. The van der Waals surface area contributed by atoms with E-state index >= 15 is 0 Å². The second kappa shape index (κ2) is 12.0. The summed E-state index contributed by atoms with van der Waals surface area (Å²) >= 11 is 0. The van der Waals surface area contributed by atoms with Gasteiger partial charge in [-0.15, -0.1) is 24.0 Å². The zero-order chi connectivity index (χ0) is 15.6. The third-order valence-corrected chi connectivity index (χ3v) is 4.60. The summed E-state index contributed by atoms with van der Waals surface area (Å²) < 4.78 is 4.62. The molecule has 1 rings (SSSR count). The second-order valence-electron chi connectivity index (χ2n) is 5.95. The largest absolute Gasteiger partial charge is 0.469 e. The smallest absolute Gasteiger partial charge is 0.305 e. The first-order valence-electron chi connectivity index (χ1n) is 8.17. The number of methoxy groups -OCH3 is 1. The number of esters is 1. The predicted octanol–water partition coefficient (Wildman–Crippen LogP) is 3.08. The maximum Gasteiger partial charge on any atom is 0.305 e. The zero-order valence-corrected chi connectivity index (χ0v) is 16.6. The molecule has 0 aromatic carbocycles. The van der Waals surface area contributed by atoms with E-state index in [2.05, 4.69) is 27.3 Å². The van der Waals surface area contributed by atoms with E-state index in [1.165, 1.54) is 39.2 Å². The van der Waals surface area contributed by atoms with Gasteiger partial charge in [0.2, 0.25) is 0 Å². The number of unbranched alkanes of at least 4 members (excludes halogenated alkanes) is 1. The predicted molar refractivity (Wildman–Crippen MR) is 102 cm³/mol. The Hall–Kier alpha value is -0.530. The van der Waals surface area contributed by atoms with Crippen LogP contribution in [0.4, 0.5) is 0 Å². The molecule has 0 aliphatic heterocycles. The van der Waals surface area contributed by atoms with Gasteiger partial charge in [0.15, 0.2) is 5.96 Å².